The van der Waals surface area contributed by atoms with E-state index in [9.17, 15) is 9.90 Å². The first-order chi connectivity index (χ1) is 14.0. The zero-order valence-electron chi connectivity index (χ0n) is 17.2. The molecule has 0 aliphatic carbocycles. The molecule has 2 fully saturated rings. The smallest absolute Gasteiger partial charge is 0.255 e. The molecule has 0 aromatic carbocycles. The number of carbonyl (C=O) groups is 1. The minimum atomic E-state index is -0.488. The van der Waals surface area contributed by atoms with Crippen LogP contribution in [0, 0.1) is 12.3 Å². The highest BCUT2D eigenvalue weighted by atomic mass is 16.3. The summed E-state index contributed by atoms with van der Waals surface area (Å²) in [6, 6.07) is 3.56. The molecule has 1 amide bonds. The Morgan fingerprint density at radius 1 is 1.31 bits per heavy atom. The first-order valence-electron chi connectivity index (χ1n) is 10.4. The summed E-state index contributed by atoms with van der Waals surface area (Å²) >= 11 is 0. The van der Waals surface area contributed by atoms with E-state index in [2.05, 4.69) is 21.8 Å². The Hall–Kier alpha value is -2.54. The first kappa shape index (κ1) is 19.8. The average Bonchev–Trinajstić information content (AvgIpc) is 2.74. The molecule has 154 valence electrons. The number of hydrogen-bond donors (Lipinski definition) is 1. The quantitative estimate of drug-likeness (QED) is 0.858. The second kappa shape index (κ2) is 8.06. The summed E-state index contributed by atoms with van der Waals surface area (Å²) in [6.45, 7) is 6.91. The van der Waals surface area contributed by atoms with Crippen molar-refractivity contribution in [3.63, 3.8) is 0 Å². The number of piperidine rings is 2. The highest BCUT2D eigenvalue weighted by Gasteiger charge is 2.43. The van der Waals surface area contributed by atoms with Gasteiger partial charge in [-0.15, -0.1) is 0 Å². The summed E-state index contributed by atoms with van der Waals surface area (Å²) in [7, 11) is 0. The Morgan fingerprint density at radius 2 is 2.10 bits per heavy atom. The first-order valence-corrected chi connectivity index (χ1v) is 10.4. The largest absolute Gasteiger partial charge is 0.391 e. The van der Waals surface area contributed by atoms with Gasteiger partial charge in [0.05, 0.1) is 11.7 Å². The van der Waals surface area contributed by atoms with Crippen molar-refractivity contribution in [3.05, 3.63) is 47.5 Å². The van der Waals surface area contributed by atoms with E-state index >= 15 is 0 Å². The van der Waals surface area contributed by atoms with E-state index in [0.717, 1.165) is 56.0 Å². The summed E-state index contributed by atoms with van der Waals surface area (Å²) < 4.78 is 0. The Bertz CT molecular complexity index is 865. The van der Waals surface area contributed by atoms with Gasteiger partial charge in [-0.25, -0.2) is 9.97 Å². The number of rotatable bonds is 3. The number of aliphatic hydroxyl groups is 1. The SMILES string of the molecule is CCc1nc(N2CCC3(CC2)CC(O)CN(C(=O)c2cccnc2)C3)ncc1C. The van der Waals surface area contributed by atoms with Gasteiger partial charge in [0.25, 0.3) is 5.91 Å². The lowest BCUT2D eigenvalue weighted by molar-refractivity contribution is -0.0151. The van der Waals surface area contributed by atoms with Gasteiger partial charge in [0.1, 0.15) is 0 Å². The number of anilines is 1. The number of pyridine rings is 1. The van der Waals surface area contributed by atoms with Crippen LogP contribution in [0.2, 0.25) is 0 Å². The summed E-state index contributed by atoms with van der Waals surface area (Å²) in [6.07, 6.45) is 8.15. The van der Waals surface area contributed by atoms with Crippen LogP contribution in [-0.2, 0) is 6.42 Å². The van der Waals surface area contributed by atoms with E-state index in [1.807, 2.05) is 13.1 Å². The van der Waals surface area contributed by atoms with Crippen LogP contribution in [0.5, 0.6) is 0 Å². The summed E-state index contributed by atoms with van der Waals surface area (Å²) in [5.41, 5.74) is 2.75. The number of hydrogen-bond acceptors (Lipinski definition) is 6. The van der Waals surface area contributed by atoms with E-state index in [-0.39, 0.29) is 11.3 Å². The molecule has 0 saturated carbocycles. The zero-order valence-corrected chi connectivity index (χ0v) is 17.2. The molecule has 1 unspecified atom stereocenters. The Morgan fingerprint density at radius 3 is 2.79 bits per heavy atom. The van der Waals surface area contributed by atoms with Crippen molar-refractivity contribution < 1.29 is 9.90 Å². The van der Waals surface area contributed by atoms with Crippen LogP contribution in [0.15, 0.2) is 30.7 Å². The third kappa shape index (κ3) is 4.10. The number of β-amino-alcohol motifs (C(OH)–C–C–N with tert-alkyl or cyclic N) is 1. The van der Waals surface area contributed by atoms with Gasteiger partial charge in [-0.3, -0.25) is 9.78 Å². The zero-order chi connectivity index (χ0) is 20.4. The van der Waals surface area contributed by atoms with E-state index < -0.39 is 6.10 Å². The van der Waals surface area contributed by atoms with Crippen LogP contribution in [0.25, 0.3) is 0 Å². The fourth-order valence-electron chi connectivity index (χ4n) is 4.70. The molecule has 1 spiro atoms. The molecule has 2 aromatic heterocycles. The molecular formula is C22H29N5O2. The van der Waals surface area contributed by atoms with Crippen LogP contribution in [0.1, 0.15) is 47.8 Å². The molecule has 2 aliphatic rings. The molecule has 4 rings (SSSR count). The molecule has 1 atom stereocenters. The van der Waals surface area contributed by atoms with Crippen LogP contribution >= 0.6 is 0 Å². The number of amides is 1. The molecule has 2 aliphatic heterocycles. The van der Waals surface area contributed by atoms with Crippen LogP contribution in [-0.4, -0.2) is 63.1 Å². The van der Waals surface area contributed by atoms with Gasteiger partial charge < -0.3 is 14.9 Å². The fourth-order valence-corrected chi connectivity index (χ4v) is 4.70. The van der Waals surface area contributed by atoms with Crippen molar-refractivity contribution in [1.29, 1.82) is 0 Å². The lowest BCUT2D eigenvalue weighted by Gasteiger charge is -2.49. The normalized spacial score (nSPS) is 21.4. The molecule has 2 saturated heterocycles. The Balaban J connectivity index is 1.46. The molecule has 7 heteroatoms. The average molecular weight is 396 g/mol. The monoisotopic (exact) mass is 395 g/mol. The van der Waals surface area contributed by atoms with Gasteiger partial charge in [-0.05, 0) is 55.7 Å². The van der Waals surface area contributed by atoms with E-state index in [0.29, 0.717) is 18.7 Å². The number of likely N-dealkylation sites (tertiary alicyclic amines) is 1. The van der Waals surface area contributed by atoms with Crippen LogP contribution in [0.4, 0.5) is 5.95 Å². The van der Waals surface area contributed by atoms with Gasteiger partial charge in [0, 0.05) is 50.5 Å². The van der Waals surface area contributed by atoms with Crippen LogP contribution < -0.4 is 4.90 Å². The van der Waals surface area contributed by atoms with E-state index in [4.69, 9.17) is 4.98 Å². The number of nitrogens with zero attached hydrogens (tertiary/aromatic N) is 5. The lowest BCUT2D eigenvalue weighted by atomic mass is 9.71. The van der Waals surface area contributed by atoms with Crippen molar-refractivity contribution >= 4 is 11.9 Å². The van der Waals surface area contributed by atoms with E-state index in [1.54, 1.807) is 29.4 Å². The minimum Gasteiger partial charge on any atom is -0.391 e. The summed E-state index contributed by atoms with van der Waals surface area (Å²) in [5, 5.41) is 10.5. The van der Waals surface area contributed by atoms with Crippen molar-refractivity contribution in [3.8, 4) is 0 Å². The van der Waals surface area contributed by atoms with Gasteiger partial charge in [-0.2, -0.15) is 0 Å². The second-order valence-electron chi connectivity index (χ2n) is 8.43. The van der Waals surface area contributed by atoms with Crippen molar-refractivity contribution in [2.75, 3.05) is 31.1 Å². The van der Waals surface area contributed by atoms with Crippen molar-refractivity contribution in [2.24, 2.45) is 5.41 Å². The third-order valence-electron chi connectivity index (χ3n) is 6.33. The summed E-state index contributed by atoms with van der Waals surface area (Å²) in [5.74, 6) is 0.745. The number of carbonyl (C=O) groups excluding carboxylic acids is 1. The molecule has 1 N–H and O–H groups in total. The van der Waals surface area contributed by atoms with Gasteiger partial charge in [0.2, 0.25) is 5.95 Å². The highest BCUT2D eigenvalue weighted by molar-refractivity contribution is 5.94. The standard InChI is InChI=1S/C22H29N5O2/c1-3-19-16(2)12-24-21(25-19)26-9-6-22(7-10-26)11-18(28)14-27(15-22)20(29)17-5-4-8-23-13-17/h4-5,8,12-13,18,28H,3,6-7,9-11,14-15H2,1-2H3. The maximum atomic E-state index is 12.9. The van der Waals surface area contributed by atoms with Crippen molar-refractivity contribution in [1.82, 2.24) is 19.9 Å². The number of aromatic nitrogens is 3. The maximum Gasteiger partial charge on any atom is 0.255 e. The summed E-state index contributed by atoms with van der Waals surface area (Å²) in [4.78, 5) is 30.3. The molecule has 4 heterocycles. The Labute approximate surface area is 171 Å². The lowest BCUT2D eigenvalue weighted by Crippen LogP contribution is -2.55. The van der Waals surface area contributed by atoms with E-state index in [1.165, 1.54) is 0 Å². The maximum absolute atomic E-state index is 12.9. The third-order valence-corrected chi connectivity index (χ3v) is 6.33. The Kier molecular flexibility index (Phi) is 5.50. The molecule has 0 radical (unpaired) electrons. The van der Waals surface area contributed by atoms with Gasteiger partial charge in [-0.1, -0.05) is 6.92 Å². The predicted octanol–water partition coefficient (Wildman–Crippen LogP) is 2.24. The highest BCUT2D eigenvalue weighted by Crippen LogP contribution is 2.41. The molecule has 7 nitrogen and oxygen atoms in total. The molecule has 29 heavy (non-hydrogen) atoms. The number of aliphatic hydroxyl groups excluding tert-OH is 1. The second-order valence-corrected chi connectivity index (χ2v) is 8.43. The number of aryl methyl sites for hydroxylation is 2. The van der Waals surface area contributed by atoms with Crippen LogP contribution in [0.3, 0.4) is 0 Å². The predicted molar refractivity (Wildman–Crippen MR) is 111 cm³/mol. The fraction of sp³-hybridized carbons (Fsp3) is 0.545. The van der Waals surface area contributed by atoms with Gasteiger partial charge >= 0.3 is 0 Å². The molecular weight excluding hydrogens is 366 g/mol. The minimum absolute atomic E-state index is 0.0480. The molecule has 2 aromatic rings. The van der Waals surface area contributed by atoms with Crippen molar-refractivity contribution in [2.45, 2.75) is 45.6 Å². The van der Waals surface area contributed by atoms with Gasteiger partial charge in [0.15, 0.2) is 0 Å². The topological polar surface area (TPSA) is 82.5 Å². The molecule has 0 bridgehead atoms.